The maximum Gasteiger partial charge on any atom is 0.274 e. The van der Waals surface area contributed by atoms with Crippen molar-refractivity contribution >= 4 is 11.5 Å². The smallest absolute Gasteiger partial charge is 0.274 e. The van der Waals surface area contributed by atoms with Crippen molar-refractivity contribution in [3.8, 4) is 0 Å². The summed E-state index contributed by atoms with van der Waals surface area (Å²) in [5.74, 6) is 0.548. The molecule has 1 aliphatic rings. The zero-order valence-electron chi connectivity index (χ0n) is 8.96. The number of anilines is 1. The van der Waals surface area contributed by atoms with Gasteiger partial charge in [0.2, 0.25) is 0 Å². The Kier molecular flexibility index (Phi) is 2.51. The van der Waals surface area contributed by atoms with E-state index in [1.54, 1.807) is 0 Å². The second-order valence-electron chi connectivity index (χ2n) is 4.06. The summed E-state index contributed by atoms with van der Waals surface area (Å²) in [5, 5.41) is 20.4. The molecule has 0 saturated carbocycles. The molecule has 1 aliphatic heterocycles. The highest BCUT2D eigenvalue weighted by Crippen LogP contribution is 2.29. The molecule has 0 amide bonds. The van der Waals surface area contributed by atoms with Gasteiger partial charge in [-0.15, -0.1) is 0 Å². The van der Waals surface area contributed by atoms with Gasteiger partial charge in [0.15, 0.2) is 0 Å². The number of rotatable bonds is 3. The normalized spacial score (nSPS) is 18.0. The molecule has 0 atom stereocenters. The van der Waals surface area contributed by atoms with E-state index in [9.17, 15) is 15.2 Å². The number of aliphatic hydroxyl groups is 1. The third-order valence-corrected chi connectivity index (χ3v) is 2.89. The van der Waals surface area contributed by atoms with Crippen molar-refractivity contribution in [1.29, 1.82) is 0 Å². The molecule has 16 heavy (non-hydrogen) atoms. The Morgan fingerprint density at radius 2 is 2.38 bits per heavy atom. The molecule has 0 unspecified atom stereocenters. The van der Waals surface area contributed by atoms with E-state index in [0.717, 1.165) is 0 Å². The van der Waals surface area contributed by atoms with Crippen molar-refractivity contribution in [1.82, 2.24) is 4.98 Å². The molecule has 1 N–H and O–H groups in total. The van der Waals surface area contributed by atoms with Gasteiger partial charge in [-0.25, -0.2) is 4.98 Å². The molecule has 2 heterocycles. The molecular formula is C10H13N3O3. The number of aromatic nitrogens is 1. The zero-order chi connectivity index (χ0) is 11.8. The third-order valence-electron chi connectivity index (χ3n) is 2.89. The summed E-state index contributed by atoms with van der Waals surface area (Å²) in [5.41, 5.74) is -0.635. The van der Waals surface area contributed by atoms with Gasteiger partial charge >= 0.3 is 0 Å². The SMILES string of the molecule is CCC1(O)CN(c2cc([N+](=O)[O-])ccn2)C1. The average molecular weight is 223 g/mol. The summed E-state index contributed by atoms with van der Waals surface area (Å²) < 4.78 is 0. The standard InChI is InChI=1S/C10H13N3O3/c1-2-10(14)6-12(7-10)9-5-8(13(15)16)3-4-11-9/h3-5,14H,2,6-7H2,1H3. The molecule has 6 heteroatoms. The molecule has 0 aromatic carbocycles. The van der Waals surface area contributed by atoms with Crippen LogP contribution in [0.25, 0.3) is 0 Å². The van der Waals surface area contributed by atoms with Gasteiger partial charge in [-0.05, 0) is 6.42 Å². The number of hydrogen-bond acceptors (Lipinski definition) is 5. The maximum atomic E-state index is 10.6. The van der Waals surface area contributed by atoms with Gasteiger partial charge in [0.1, 0.15) is 5.82 Å². The van der Waals surface area contributed by atoms with E-state index in [1.165, 1.54) is 18.3 Å². The first kappa shape index (κ1) is 10.8. The van der Waals surface area contributed by atoms with Crippen LogP contribution in [0.2, 0.25) is 0 Å². The second kappa shape index (κ2) is 3.71. The summed E-state index contributed by atoms with van der Waals surface area (Å²) in [6.45, 7) is 2.88. The van der Waals surface area contributed by atoms with Gasteiger partial charge in [-0.3, -0.25) is 10.1 Å². The summed E-state index contributed by atoms with van der Waals surface area (Å²) >= 11 is 0. The average Bonchev–Trinajstić information content (AvgIpc) is 2.25. The summed E-state index contributed by atoms with van der Waals surface area (Å²) in [4.78, 5) is 16.0. The van der Waals surface area contributed by atoms with Crippen LogP contribution in [0.15, 0.2) is 18.3 Å². The fourth-order valence-electron chi connectivity index (χ4n) is 1.74. The van der Waals surface area contributed by atoms with Crippen molar-refractivity contribution in [2.24, 2.45) is 0 Å². The molecule has 6 nitrogen and oxygen atoms in total. The van der Waals surface area contributed by atoms with E-state index >= 15 is 0 Å². The number of nitro groups is 1. The molecule has 1 aromatic heterocycles. The van der Waals surface area contributed by atoms with Crippen LogP contribution in [0.4, 0.5) is 11.5 Å². The molecule has 0 radical (unpaired) electrons. The van der Waals surface area contributed by atoms with Crippen molar-refractivity contribution in [2.45, 2.75) is 18.9 Å². The second-order valence-corrected chi connectivity index (χ2v) is 4.06. The Balaban J connectivity index is 2.12. The summed E-state index contributed by atoms with van der Waals surface area (Å²) in [6, 6.07) is 2.78. The van der Waals surface area contributed by atoms with Crippen LogP contribution in [-0.2, 0) is 0 Å². The minimum atomic E-state index is -0.660. The van der Waals surface area contributed by atoms with Gasteiger partial charge in [-0.2, -0.15) is 0 Å². The van der Waals surface area contributed by atoms with Crippen LogP contribution in [0.3, 0.4) is 0 Å². The first-order valence-corrected chi connectivity index (χ1v) is 5.12. The van der Waals surface area contributed by atoms with Crippen molar-refractivity contribution < 1.29 is 10.0 Å². The molecule has 0 aliphatic carbocycles. The summed E-state index contributed by atoms with van der Waals surface area (Å²) in [7, 11) is 0. The van der Waals surface area contributed by atoms with Gasteiger partial charge in [0, 0.05) is 25.4 Å². The van der Waals surface area contributed by atoms with Crippen molar-refractivity contribution in [3.05, 3.63) is 28.4 Å². The van der Waals surface area contributed by atoms with Crippen LogP contribution in [-0.4, -0.2) is 33.7 Å². The highest BCUT2D eigenvalue weighted by atomic mass is 16.6. The zero-order valence-corrected chi connectivity index (χ0v) is 8.96. The van der Waals surface area contributed by atoms with Crippen LogP contribution < -0.4 is 4.90 Å². The fraction of sp³-hybridized carbons (Fsp3) is 0.500. The highest BCUT2D eigenvalue weighted by Gasteiger charge is 2.40. The Morgan fingerprint density at radius 1 is 1.69 bits per heavy atom. The van der Waals surface area contributed by atoms with E-state index in [1.807, 2.05) is 11.8 Å². The largest absolute Gasteiger partial charge is 0.386 e. The first-order chi connectivity index (χ1) is 7.54. The van der Waals surface area contributed by atoms with Gasteiger partial charge in [-0.1, -0.05) is 6.92 Å². The van der Waals surface area contributed by atoms with E-state index in [4.69, 9.17) is 0 Å². The van der Waals surface area contributed by atoms with Crippen LogP contribution >= 0.6 is 0 Å². The Bertz CT molecular complexity index is 416. The van der Waals surface area contributed by atoms with E-state index in [-0.39, 0.29) is 5.69 Å². The lowest BCUT2D eigenvalue weighted by Gasteiger charge is -2.46. The van der Waals surface area contributed by atoms with Crippen molar-refractivity contribution in [2.75, 3.05) is 18.0 Å². The lowest BCUT2D eigenvalue weighted by atomic mass is 9.91. The molecule has 0 spiro atoms. The lowest BCUT2D eigenvalue weighted by molar-refractivity contribution is -0.384. The highest BCUT2D eigenvalue weighted by molar-refractivity contribution is 5.49. The fourth-order valence-corrected chi connectivity index (χ4v) is 1.74. The Hall–Kier alpha value is -1.69. The number of nitrogens with zero attached hydrogens (tertiary/aromatic N) is 3. The molecule has 0 bridgehead atoms. The van der Waals surface area contributed by atoms with E-state index in [0.29, 0.717) is 25.3 Å². The Morgan fingerprint density at radius 3 is 2.94 bits per heavy atom. The monoisotopic (exact) mass is 223 g/mol. The molecule has 1 aromatic rings. The summed E-state index contributed by atoms with van der Waals surface area (Å²) in [6.07, 6.45) is 2.09. The van der Waals surface area contributed by atoms with E-state index < -0.39 is 10.5 Å². The number of β-amino-alcohol motifs (C(OH)–C–C–N with tert-alkyl or cyclic N) is 1. The molecule has 86 valence electrons. The minimum Gasteiger partial charge on any atom is -0.386 e. The van der Waals surface area contributed by atoms with E-state index in [2.05, 4.69) is 4.98 Å². The molecule has 1 saturated heterocycles. The van der Waals surface area contributed by atoms with Crippen LogP contribution in [0.5, 0.6) is 0 Å². The minimum absolute atomic E-state index is 0.0249. The third kappa shape index (κ3) is 1.83. The topological polar surface area (TPSA) is 79.5 Å². The number of hydrogen-bond donors (Lipinski definition) is 1. The van der Waals surface area contributed by atoms with Gasteiger partial charge in [0.05, 0.1) is 16.6 Å². The molecular weight excluding hydrogens is 210 g/mol. The van der Waals surface area contributed by atoms with Crippen LogP contribution in [0, 0.1) is 10.1 Å². The number of pyridine rings is 1. The van der Waals surface area contributed by atoms with Crippen LogP contribution in [0.1, 0.15) is 13.3 Å². The predicted molar refractivity (Wildman–Crippen MR) is 58.3 cm³/mol. The quantitative estimate of drug-likeness (QED) is 0.609. The predicted octanol–water partition coefficient (Wildman–Crippen LogP) is 0.951. The molecule has 1 fully saturated rings. The lowest BCUT2D eigenvalue weighted by Crippen LogP contribution is -2.61. The van der Waals surface area contributed by atoms with Gasteiger partial charge < -0.3 is 10.0 Å². The van der Waals surface area contributed by atoms with Gasteiger partial charge in [0.25, 0.3) is 5.69 Å². The van der Waals surface area contributed by atoms with Crippen molar-refractivity contribution in [3.63, 3.8) is 0 Å². The first-order valence-electron chi connectivity index (χ1n) is 5.12. The maximum absolute atomic E-state index is 10.6. The molecule has 2 rings (SSSR count). The Labute approximate surface area is 92.7 Å².